The monoisotopic (exact) mass is 294 g/mol. The second-order valence-electron chi connectivity index (χ2n) is 6.58. The van der Waals surface area contributed by atoms with E-state index in [0.29, 0.717) is 13.2 Å². The zero-order valence-corrected chi connectivity index (χ0v) is 12.0. The Morgan fingerprint density at radius 1 is 1.10 bits per heavy atom. The highest BCUT2D eigenvalue weighted by molar-refractivity contribution is 5.86. The number of hydrogen-bond donors (Lipinski definition) is 0. The standard InChI is InChI=1S/C15H18O6/c1-15(2)19-6-9(21-15)12-8-4-3-7-5-18-13(16)10(7)11(8)14(17)20-12/h3-4,7-12H,5-6H2,1-2H3/t7-,8-,9+,10+,11-,12-/m0/s1. The van der Waals surface area contributed by atoms with E-state index in [0.717, 1.165) is 0 Å². The maximum Gasteiger partial charge on any atom is 0.310 e. The molecule has 6 atom stereocenters. The van der Waals surface area contributed by atoms with Crippen molar-refractivity contribution in [2.75, 3.05) is 13.2 Å². The first-order valence-electron chi connectivity index (χ1n) is 7.33. The van der Waals surface area contributed by atoms with Crippen molar-refractivity contribution in [3.05, 3.63) is 12.2 Å². The lowest BCUT2D eigenvalue weighted by Crippen LogP contribution is -2.39. The van der Waals surface area contributed by atoms with E-state index < -0.39 is 23.7 Å². The highest BCUT2D eigenvalue weighted by Gasteiger charge is 2.59. The van der Waals surface area contributed by atoms with Crippen LogP contribution in [0.15, 0.2) is 12.2 Å². The summed E-state index contributed by atoms with van der Waals surface area (Å²) in [6.45, 7) is 4.42. The van der Waals surface area contributed by atoms with Gasteiger partial charge in [-0.05, 0) is 13.8 Å². The Labute approximate surface area is 122 Å². The first kappa shape index (κ1) is 13.3. The quantitative estimate of drug-likeness (QED) is 0.522. The third-order valence-corrected chi connectivity index (χ3v) is 4.83. The van der Waals surface area contributed by atoms with Crippen molar-refractivity contribution in [1.82, 2.24) is 0 Å². The second kappa shape index (κ2) is 4.30. The van der Waals surface area contributed by atoms with Gasteiger partial charge in [0.25, 0.3) is 0 Å². The number of hydrogen-bond acceptors (Lipinski definition) is 6. The molecule has 0 bridgehead atoms. The minimum atomic E-state index is -0.664. The molecule has 4 rings (SSSR count). The van der Waals surface area contributed by atoms with Gasteiger partial charge in [-0.25, -0.2) is 0 Å². The van der Waals surface area contributed by atoms with Crippen LogP contribution in [0.3, 0.4) is 0 Å². The van der Waals surface area contributed by atoms with Crippen LogP contribution in [-0.4, -0.2) is 43.1 Å². The fourth-order valence-electron chi connectivity index (χ4n) is 3.88. The van der Waals surface area contributed by atoms with Crippen LogP contribution in [0.4, 0.5) is 0 Å². The van der Waals surface area contributed by atoms with Gasteiger partial charge in [-0.3, -0.25) is 9.59 Å². The molecule has 3 aliphatic heterocycles. The second-order valence-corrected chi connectivity index (χ2v) is 6.58. The van der Waals surface area contributed by atoms with Crippen LogP contribution in [-0.2, 0) is 28.5 Å². The van der Waals surface area contributed by atoms with E-state index in [1.807, 2.05) is 26.0 Å². The van der Waals surface area contributed by atoms with Gasteiger partial charge < -0.3 is 18.9 Å². The molecule has 6 heteroatoms. The molecular formula is C15H18O6. The lowest BCUT2D eigenvalue weighted by atomic mass is 9.71. The van der Waals surface area contributed by atoms with E-state index in [9.17, 15) is 9.59 Å². The minimum Gasteiger partial charge on any atom is -0.465 e. The number of ether oxygens (including phenoxy) is 4. The van der Waals surface area contributed by atoms with Crippen LogP contribution in [0, 0.1) is 23.7 Å². The molecule has 0 amide bonds. The molecule has 0 N–H and O–H groups in total. The van der Waals surface area contributed by atoms with Gasteiger partial charge in [0.05, 0.1) is 25.0 Å². The first-order valence-corrected chi connectivity index (χ1v) is 7.33. The molecule has 0 aromatic carbocycles. The van der Waals surface area contributed by atoms with E-state index in [1.54, 1.807) is 0 Å². The fraction of sp³-hybridized carbons (Fsp3) is 0.733. The van der Waals surface area contributed by atoms with Gasteiger partial charge in [0.2, 0.25) is 0 Å². The normalized spacial score (nSPS) is 47.0. The van der Waals surface area contributed by atoms with Crippen molar-refractivity contribution in [3.63, 3.8) is 0 Å². The Kier molecular flexibility index (Phi) is 2.72. The zero-order valence-electron chi connectivity index (χ0n) is 12.0. The molecule has 0 spiro atoms. The molecule has 6 nitrogen and oxygen atoms in total. The number of carbonyl (C=O) groups excluding carboxylic acids is 2. The third-order valence-electron chi connectivity index (χ3n) is 4.83. The largest absolute Gasteiger partial charge is 0.465 e. The van der Waals surface area contributed by atoms with Crippen LogP contribution >= 0.6 is 0 Å². The lowest BCUT2D eigenvalue weighted by molar-refractivity contribution is -0.164. The Balaban J connectivity index is 1.61. The van der Waals surface area contributed by atoms with E-state index in [-0.39, 0.29) is 29.9 Å². The molecular weight excluding hydrogens is 276 g/mol. The predicted octanol–water partition coefficient (Wildman–Crippen LogP) is 0.655. The van der Waals surface area contributed by atoms with Crippen molar-refractivity contribution < 1.29 is 28.5 Å². The molecule has 3 heterocycles. The summed E-state index contributed by atoms with van der Waals surface area (Å²) < 4.78 is 22.0. The van der Waals surface area contributed by atoms with Gasteiger partial charge in [0.1, 0.15) is 12.2 Å². The zero-order chi connectivity index (χ0) is 14.8. The van der Waals surface area contributed by atoms with Gasteiger partial charge >= 0.3 is 11.9 Å². The highest BCUT2D eigenvalue weighted by Crippen LogP contribution is 2.47. The van der Waals surface area contributed by atoms with Gasteiger partial charge in [-0.1, -0.05) is 12.2 Å². The Bertz CT molecular complexity index is 524. The molecule has 3 fully saturated rings. The average molecular weight is 294 g/mol. The van der Waals surface area contributed by atoms with Crippen LogP contribution in [0.5, 0.6) is 0 Å². The smallest absolute Gasteiger partial charge is 0.310 e. The van der Waals surface area contributed by atoms with Gasteiger partial charge in [0, 0.05) is 11.8 Å². The molecule has 0 aromatic rings. The summed E-state index contributed by atoms with van der Waals surface area (Å²) in [5.41, 5.74) is 0. The number of esters is 2. The summed E-state index contributed by atoms with van der Waals surface area (Å²) in [4.78, 5) is 24.2. The van der Waals surface area contributed by atoms with Crippen molar-refractivity contribution in [2.24, 2.45) is 23.7 Å². The number of cyclic esters (lactones) is 2. The molecule has 4 aliphatic rings. The topological polar surface area (TPSA) is 71.1 Å². The summed E-state index contributed by atoms with van der Waals surface area (Å²) in [5.74, 6) is -2.30. The third kappa shape index (κ3) is 1.92. The summed E-state index contributed by atoms with van der Waals surface area (Å²) in [6.07, 6.45) is 3.28. The summed E-state index contributed by atoms with van der Waals surface area (Å²) >= 11 is 0. The van der Waals surface area contributed by atoms with E-state index in [2.05, 4.69) is 0 Å². The fourth-order valence-corrected chi connectivity index (χ4v) is 3.88. The molecule has 0 radical (unpaired) electrons. The SMILES string of the molecule is CC1(C)OC[C@H]([C@H]2OC(=O)[C@H]3[C@@H]2C=C[C@H]2COC(=O)[C@@H]32)O1. The molecule has 0 unspecified atom stereocenters. The van der Waals surface area contributed by atoms with Crippen LogP contribution in [0.25, 0.3) is 0 Å². The Morgan fingerprint density at radius 2 is 1.90 bits per heavy atom. The van der Waals surface area contributed by atoms with Crippen LogP contribution < -0.4 is 0 Å². The van der Waals surface area contributed by atoms with Gasteiger partial charge in [-0.2, -0.15) is 0 Å². The molecule has 3 saturated heterocycles. The average Bonchev–Trinajstić information content (AvgIpc) is 3.07. The first-order chi connectivity index (χ1) is 9.96. The Morgan fingerprint density at radius 3 is 2.62 bits per heavy atom. The van der Waals surface area contributed by atoms with Gasteiger partial charge in [0.15, 0.2) is 5.79 Å². The lowest BCUT2D eigenvalue weighted by Gasteiger charge is -2.28. The van der Waals surface area contributed by atoms with Crippen LogP contribution in [0.2, 0.25) is 0 Å². The van der Waals surface area contributed by atoms with Gasteiger partial charge in [-0.15, -0.1) is 0 Å². The molecule has 0 saturated carbocycles. The van der Waals surface area contributed by atoms with Crippen LogP contribution in [0.1, 0.15) is 13.8 Å². The van der Waals surface area contributed by atoms with Crippen molar-refractivity contribution in [3.8, 4) is 0 Å². The maximum atomic E-state index is 12.3. The van der Waals surface area contributed by atoms with Crippen molar-refractivity contribution in [1.29, 1.82) is 0 Å². The van der Waals surface area contributed by atoms with Crippen molar-refractivity contribution >= 4 is 11.9 Å². The molecule has 21 heavy (non-hydrogen) atoms. The number of fused-ring (bicyclic) bond motifs is 3. The van der Waals surface area contributed by atoms with E-state index >= 15 is 0 Å². The summed E-state index contributed by atoms with van der Waals surface area (Å²) in [6, 6.07) is 0. The summed E-state index contributed by atoms with van der Waals surface area (Å²) in [5, 5.41) is 0. The Hall–Kier alpha value is -1.40. The molecule has 114 valence electrons. The number of carbonyl (C=O) groups is 2. The predicted molar refractivity (Wildman–Crippen MR) is 68.8 cm³/mol. The number of rotatable bonds is 1. The highest BCUT2D eigenvalue weighted by atomic mass is 16.8. The van der Waals surface area contributed by atoms with E-state index in [4.69, 9.17) is 18.9 Å². The minimum absolute atomic E-state index is 0.0118. The van der Waals surface area contributed by atoms with Crippen molar-refractivity contribution in [2.45, 2.75) is 31.8 Å². The molecule has 0 aromatic heterocycles. The molecule has 1 aliphatic carbocycles. The summed E-state index contributed by atoms with van der Waals surface area (Å²) in [7, 11) is 0. The van der Waals surface area contributed by atoms with E-state index in [1.165, 1.54) is 0 Å². The maximum absolute atomic E-state index is 12.3.